The van der Waals surface area contributed by atoms with Crippen molar-refractivity contribution in [3.63, 3.8) is 0 Å². The second-order valence-corrected chi connectivity index (χ2v) is 5.88. The van der Waals surface area contributed by atoms with Crippen molar-refractivity contribution in [3.8, 4) is 5.75 Å². The summed E-state index contributed by atoms with van der Waals surface area (Å²) in [7, 11) is 0. The van der Waals surface area contributed by atoms with Gasteiger partial charge in [0.15, 0.2) is 0 Å². The lowest BCUT2D eigenvalue weighted by Gasteiger charge is -1.96. The molecule has 0 amide bonds. The molecule has 0 unspecified atom stereocenters. The topological polar surface area (TPSA) is 58.4 Å². The number of benzene rings is 2. The third-order valence-corrected chi connectivity index (χ3v) is 4.46. The average Bonchev–Trinajstić information content (AvgIpc) is 2.89. The molecule has 0 bridgehead atoms. The average molecular weight is 305 g/mol. The van der Waals surface area contributed by atoms with E-state index in [0.717, 1.165) is 21.0 Å². The summed E-state index contributed by atoms with van der Waals surface area (Å²) in [5.74, 6) is 0.640. The maximum atomic E-state index is 10.2. The molecule has 0 spiro atoms. The van der Waals surface area contributed by atoms with Crippen LogP contribution in [0.3, 0.4) is 0 Å². The summed E-state index contributed by atoms with van der Waals surface area (Å²) in [5.41, 5.74) is 0.852. The lowest BCUT2D eigenvalue weighted by Crippen LogP contribution is -1.84. The summed E-state index contributed by atoms with van der Waals surface area (Å²) in [6, 6.07) is 15.5. The zero-order chi connectivity index (χ0) is 14.9. The van der Waals surface area contributed by atoms with Crippen molar-refractivity contribution < 1.29 is 5.11 Å². The molecule has 0 aliphatic rings. The first-order valence-electron chi connectivity index (χ1n) is 6.77. The summed E-state index contributed by atoms with van der Waals surface area (Å²) in [6.45, 7) is 0. The molecule has 0 saturated heterocycles. The number of fused-ring (bicyclic) bond motifs is 2. The molecule has 2 aromatic heterocycles. The number of rotatable bonds is 2. The minimum Gasteiger partial charge on any atom is -0.506 e. The van der Waals surface area contributed by atoms with Crippen LogP contribution in [-0.4, -0.2) is 21.3 Å². The fraction of sp³-hybridized carbons (Fsp3) is 0. The zero-order valence-electron chi connectivity index (χ0n) is 11.5. The molecule has 2 heterocycles. The molecule has 0 aliphatic heterocycles. The molecule has 5 heteroatoms. The van der Waals surface area contributed by atoms with Gasteiger partial charge in [0.05, 0.1) is 16.6 Å². The molecule has 4 nitrogen and oxygen atoms in total. The number of hydrogen-bond donors (Lipinski definition) is 1. The first kappa shape index (κ1) is 12.9. The predicted molar refractivity (Wildman–Crippen MR) is 90.3 cm³/mol. The SMILES string of the molecule is Oc1c(/C=N/c2ncc3ccccc3n2)sc2ccccc12. The first-order valence-corrected chi connectivity index (χ1v) is 7.59. The number of aromatic nitrogens is 2. The van der Waals surface area contributed by atoms with E-state index in [9.17, 15) is 5.11 Å². The Bertz CT molecular complexity index is 1010. The van der Waals surface area contributed by atoms with Gasteiger partial charge in [0, 0.05) is 21.7 Å². The Morgan fingerprint density at radius 2 is 1.86 bits per heavy atom. The molecule has 1 N–H and O–H groups in total. The van der Waals surface area contributed by atoms with Crippen molar-refractivity contribution in [2.24, 2.45) is 4.99 Å². The third-order valence-electron chi connectivity index (χ3n) is 3.37. The summed E-state index contributed by atoms with van der Waals surface area (Å²) in [4.78, 5) is 13.6. The van der Waals surface area contributed by atoms with Gasteiger partial charge < -0.3 is 5.11 Å². The van der Waals surface area contributed by atoms with Gasteiger partial charge in [-0.2, -0.15) is 0 Å². The molecule has 0 saturated carbocycles. The van der Waals surface area contributed by atoms with E-state index in [2.05, 4.69) is 15.0 Å². The second-order valence-electron chi connectivity index (χ2n) is 4.80. The van der Waals surface area contributed by atoms with Gasteiger partial charge >= 0.3 is 0 Å². The van der Waals surface area contributed by atoms with Gasteiger partial charge in [0.2, 0.25) is 5.95 Å². The van der Waals surface area contributed by atoms with Crippen molar-refractivity contribution in [1.29, 1.82) is 0 Å². The van der Waals surface area contributed by atoms with Crippen molar-refractivity contribution in [2.45, 2.75) is 0 Å². The fourth-order valence-corrected chi connectivity index (χ4v) is 3.25. The highest BCUT2D eigenvalue weighted by Gasteiger charge is 2.08. The summed E-state index contributed by atoms with van der Waals surface area (Å²) < 4.78 is 1.03. The Labute approximate surface area is 130 Å². The van der Waals surface area contributed by atoms with Crippen LogP contribution in [0.4, 0.5) is 5.95 Å². The van der Waals surface area contributed by atoms with Crippen LogP contribution < -0.4 is 0 Å². The standard InChI is InChI=1S/C17H11N3OS/c21-16-12-6-2-4-8-14(12)22-15(16)10-19-17-18-9-11-5-1-3-7-13(11)20-17/h1-10,21H/b19-10+. The van der Waals surface area contributed by atoms with Crippen LogP contribution >= 0.6 is 11.3 Å². The van der Waals surface area contributed by atoms with Gasteiger partial charge in [-0.1, -0.05) is 30.3 Å². The molecule has 2 aromatic carbocycles. The maximum absolute atomic E-state index is 10.2. The zero-order valence-corrected chi connectivity index (χ0v) is 12.3. The Kier molecular flexibility index (Phi) is 3.05. The van der Waals surface area contributed by atoms with Crippen molar-refractivity contribution in [3.05, 3.63) is 59.6 Å². The van der Waals surface area contributed by atoms with Gasteiger partial charge in [-0.05, 0) is 18.2 Å². The normalized spacial score (nSPS) is 11.6. The molecule has 0 radical (unpaired) electrons. The van der Waals surface area contributed by atoms with Gasteiger partial charge in [0.25, 0.3) is 0 Å². The number of hydrogen-bond acceptors (Lipinski definition) is 5. The minimum atomic E-state index is 0.255. The monoisotopic (exact) mass is 305 g/mol. The Balaban J connectivity index is 1.73. The number of aromatic hydroxyl groups is 1. The summed E-state index contributed by atoms with van der Waals surface area (Å²) in [5, 5.41) is 12.0. The minimum absolute atomic E-state index is 0.255. The number of nitrogens with zero attached hydrogens (tertiary/aromatic N) is 3. The van der Waals surface area contributed by atoms with Crippen LogP contribution in [0.25, 0.3) is 21.0 Å². The van der Waals surface area contributed by atoms with Crippen LogP contribution in [-0.2, 0) is 0 Å². The van der Waals surface area contributed by atoms with E-state index < -0.39 is 0 Å². The Morgan fingerprint density at radius 3 is 2.77 bits per heavy atom. The molecule has 22 heavy (non-hydrogen) atoms. The molecule has 0 atom stereocenters. The molecule has 0 fully saturated rings. The fourth-order valence-electron chi connectivity index (χ4n) is 2.28. The largest absolute Gasteiger partial charge is 0.506 e. The summed E-state index contributed by atoms with van der Waals surface area (Å²) in [6.07, 6.45) is 3.36. The Morgan fingerprint density at radius 1 is 1.05 bits per heavy atom. The lowest BCUT2D eigenvalue weighted by atomic mass is 10.2. The van der Waals surface area contributed by atoms with Crippen molar-refractivity contribution >= 4 is 44.5 Å². The van der Waals surface area contributed by atoms with E-state index in [1.54, 1.807) is 12.4 Å². The molecule has 0 aliphatic carbocycles. The van der Waals surface area contributed by atoms with Crippen LogP contribution in [0.1, 0.15) is 4.88 Å². The van der Waals surface area contributed by atoms with E-state index in [-0.39, 0.29) is 5.75 Å². The second kappa shape index (κ2) is 5.20. The van der Waals surface area contributed by atoms with E-state index in [0.29, 0.717) is 10.8 Å². The molecular formula is C17H11N3OS. The van der Waals surface area contributed by atoms with Crippen LogP contribution in [0.2, 0.25) is 0 Å². The van der Waals surface area contributed by atoms with Gasteiger partial charge in [0.1, 0.15) is 5.75 Å². The summed E-state index contributed by atoms with van der Waals surface area (Å²) >= 11 is 1.49. The highest BCUT2D eigenvalue weighted by atomic mass is 32.1. The van der Waals surface area contributed by atoms with Gasteiger partial charge in [-0.3, -0.25) is 0 Å². The van der Waals surface area contributed by atoms with Gasteiger partial charge in [-0.25, -0.2) is 15.0 Å². The first-order chi connectivity index (χ1) is 10.8. The molecular weight excluding hydrogens is 294 g/mol. The predicted octanol–water partition coefficient (Wildman–Crippen LogP) is 4.30. The number of thiophene rings is 1. The van der Waals surface area contributed by atoms with Crippen LogP contribution in [0.15, 0.2) is 59.7 Å². The van der Waals surface area contributed by atoms with Crippen molar-refractivity contribution in [2.75, 3.05) is 0 Å². The van der Waals surface area contributed by atoms with E-state index in [4.69, 9.17) is 0 Å². The number of aliphatic imine (C=N–C) groups is 1. The molecule has 106 valence electrons. The van der Waals surface area contributed by atoms with E-state index in [1.165, 1.54) is 11.3 Å². The highest BCUT2D eigenvalue weighted by molar-refractivity contribution is 7.21. The molecule has 4 aromatic rings. The highest BCUT2D eigenvalue weighted by Crippen LogP contribution is 2.35. The smallest absolute Gasteiger partial charge is 0.249 e. The molecule has 4 rings (SSSR count). The number of para-hydroxylation sites is 1. The van der Waals surface area contributed by atoms with Crippen molar-refractivity contribution in [1.82, 2.24) is 9.97 Å². The Hall–Kier alpha value is -2.79. The van der Waals surface area contributed by atoms with Crippen LogP contribution in [0.5, 0.6) is 5.75 Å². The quantitative estimate of drug-likeness (QED) is 0.562. The van der Waals surface area contributed by atoms with E-state index >= 15 is 0 Å². The third kappa shape index (κ3) is 2.21. The van der Waals surface area contributed by atoms with Gasteiger partial charge in [-0.15, -0.1) is 11.3 Å². The maximum Gasteiger partial charge on any atom is 0.249 e. The van der Waals surface area contributed by atoms with Crippen LogP contribution in [0, 0.1) is 0 Å². The lowest BCUT2D eigenvalue weighted by molar-refractivity contribution is 0.483. The van der Waals surface area contributed by atoms with E-state index in [1.807, 2.05) is 48.5 Å².